The van der Waals surface area contributed by atoms with Crippen molar-refractivity contribution >= 4 is 17.9 Å². The molecular weight excluding hydrogens is 362 g/mol. The summed E-state index contributed by atoms with van der Waals surface area (Å²) in [7, 11) is 0. The fourth-order valence-electron chi connectivity index (χ4n) is 3.88. The van der Waals surface area contributed by atoms with Gasteiger partial charge in [0, 0.05) is 24.2 Å². The highest BCUT2D eigenvalue weighted by Gasteiger charge is 2.25. The average molecular weight is 392 g/mol. The zero-order valence-corrected chi connectivity index (χ0v) is 17.8. The lowest BCUT2D eigenvalue weighted by molar-refractivity contribution is -0.113. The van der Waals surface area contributed by atoms with Crippen LogP contribution in [0.5, 0.6) is 11.5 Å². The average Bonchev–Trinajstić information content (AvgIpc) is 2.67. The van der Waals surface area contributed by atoms with Crippen molar-refractivity contribution in [1.82, 2.24) is 4.90 Å². The molecule has 1 heterocycles. The molecule has 0 amide bonds. The van der Waals surface area contributed by atoms with E-state index in [4.69, 9.17) is 0 Å². The van der Waals surface area contributed by atoms with Gasteiger partial charge in [-0.15, -0.1) is 0 Å². The first-order chi connectivity index (χ1) is 13.7. The Hall–Kier alpha value is -2.85. The molecule has 2 N–H and O–H groups in total. The molecule has 0 spiro atoms. The number of nitrogens with zero attached hydrogens (tertiary/aromatic N) is 1. The number of hydrogen-bond donors (Lipinski definition) is 2. The number of likely N-dealkylation sites (tertiary alicyclic amines) is 1. The van der Waals surface area contributed by atoms with Gasteiger partial charge in [-0.3, -0.25) is 9.69 Å². The number of phenols is 2. The number of hydrogen-bond acceptors (Lipinski definition) is 4. The number of likely N-dealkylation sites (N-methyl/N-ethyl adjacent to an activating group) is 1. The zero-order chi connectivity index (χ0) is 21.3. The molecule has 1 saturated heterocycles. The van der Waals surface area contributed by atoms with E-state index in [1.807, 2.05) is 64.1 Å². The van der Waals surface area contributed by atoms with E-state index < -0.39 is 0 Å². The van der Waals surface area contributed by atoms with E-state index in [1.165, 1.54) is 0 Å². The van der Waals surface area contributed by atoms with Gasteiger partial charge in [0.1, 0.15) is 11.5 Å². The third-order valence-corrected chi connectivity index (χ3v) is 5.53. The molecule has 0 bridgehead atoms. The maximum Gasteiger partial charge on any atom is 0.187 e. The van der Waals surface area contributed by atoms with Crippen LogP contribution in [0, 0.1) is 27.7 Å². The lowest BCUT2D eigenvalue weighted by atomic mass is 9.93. The van der Waals surface area contributed by atoms with Crippen molar-refractivity contribution < 1.29 is 15.0 Å². The van der Waals surface area contributed by atoms with E-state index in [-0.39, 0.29) is 5.78 Å². The molecule has 0 aromatic heterocycles. The number of phenolic OH excluding ortho intramolecular Hbond substituents is 2. The summed E-state index contributed by atoms with van der Waals surface area (Å²) >= 11 is 0. The van der Waals surface area contributed by atoms with Crippen molar-refractivity contribution in [2.24, 2.45) is 0 Å². The number of aromatic hydroxyl groups is 2. The van der Waals surface area contributed by atoms with Gasteiger partial charge in [-0.05, 0) is 104 Å². The van der Waals surface area contributed by atoms with Crippen LogP contribution in [-0.4, -0.2) is 40.5 Å². The lowest BCUT2D eigenvalue weighted by Gasteiger charge is -2.28. The summed E-state index contributed by atoms with van der Waals surface area (Å²) in [5, 5.41) is 20.0. The van der Waals surface area contributed by atoms with Crippen LogP contribution in [0.3, 0.4) is 0 Å². The van der Waals surface area contributed by atoms with Crippen LogP contribution >= 0.6 is 0 Å². The van der Waals surface area contributed by atoms with Crippen molar-refractivity contribution in [2.45, 2.75) is 34.6 Å². The molecule has 4 heteroatoms. The van der Waals surface area contributed by atoms with E-state index in [1.54, 1.807) is 0 Å². The normalized spacial score (nSPS) is 18.0. The molecule has 0 unspecified atom stereocenters. The van der Waals surface area contributed by atoms with Crippen molar-refractivity contribution in [3.63, 3.8) is 0 Å². The topological polar surface area (TPSA) is 60.8 Å². The monoisotopic (exact) mass is 391 g/mol. The fourth-order valence-corrected chi connectivity index (χ4v) is 3.88. The molecule has 0 radical (unpaired) electrons. The first-order valence-electron chi connectivity index (χ1n) is 9.98. The minimum absolute atomic E-state index is 0.0569. The highest BCUT2D eigenvalue weighted by molar-refractivity contribution is 6.14. The first kappa shape index (κ1) is 20.9. The second-order valence-electron chi connectivity index (χ2n) is 7.98. The second-order valence-corrected chi connectivity index (χ2v) is 7.98. The van der Waals surface area contributed by atoms with Gasteiger partial charge in [0.25, 0.3) is 0 Å². The molecule has 4 nitrogen and oxygen atoms in total. The Kier molecular flexibility index (Phi) is 5.94. The molecule has 0 saturated carbocycles. The number of rotatable bonds is 3. The summed E-state index contributed by atoms with van der Waals surface area (Å²) in [4.78, 5) is 15.4. The SMILES string of the molecule is CCN1C/C(=C\c2cc(C)c(O)c(C)c2)C(=O)/C(=C/c2cc(C)c(O)c(C)c2)C1. The number of benzene rings is 2. The molecule has 0 aliphatic carbocycles. The van der Waals surface area contributed by atoms with Gasteiger partial charge in [0.2, 0.25) is 0 Å². The Morgan fingerprint density at radius 1 is 0.793 bits per heavy atom. The maximum absolute atomic E-state index is 13.2. The van der Waals surface area contributed by atoms with Crippen LogP contribution in [0.2, 0.25) is 0 Å². The second kappa shape index (κ2) is 8.26. The van der Waals surface area contributed by atoms with E-state index in [0.29, 0.717) is 24.6 Å². The van der Waals surface area contributed by atoms with Crippen LogP contribution in [0.15, 0.2) is 35.4 Å². The smallest absolute Gasteiger partial charge is 0.187 e. The van der Waals surface area contributed by atoms with Crippen LogP contribution < -0.4 is 0 Å². The molecule has 2 aromatic carbocycles. The van der Waals surface area contributed by atoms with Crippen molar-refractivity contribution in [3.8, 4) is 11.5 Å². The Bertz CT molecular complexity index is 905. The summed E-state index contributed by atoms with van der Waals surface area (Å²) in [5.41, 5.74) is 6.57. The minimum atomic E-state index is 0.0569. The highest BCUT2D eigenvalue weighted by Crippen LogP contribution is 2.28. The Balaban J connectivity index is 2.02. The third kappa shape index (κ3) is 4.43. The zero-order valence-electron chi connectivity index (χ0n) is 17.8. The van der Waals surface area contributed by atoms with Gasteiger partial charge in [-0.25, -0.2) is 0 Å². The summed E-state index contributed by atoms with van der Waals surface area (Å²) in [5.74, 6) is 0.661. The van der Waals surface area contributed by atoms with Crippen LogP contribution in [0.25, 0.3) is 12.2 Å². The van der Waals surface area contributed by atoms with E-state index >= 15 is 0 Å². The molecule has 1 aliphatic rings. The quantitative estimate of drug-likeness (QED) is 0.745. The molecule has 1 fully saturated rings. The van der Waals surface area contributed by atoms with E-state index in [9.17, 15) is 15.0 Å². The van der Waals surface area contributed by atoms with Crippen LogP contribution in [-0.2, 0) is 4.79 Å². The predicted octanol–water partition coefficient (Wildman–Crippen LogP) is 4.70. The molecule has 29 heavy (non-hydrogen) atoms. The first-order valence-corrected chi connectivity index (χ1v) is 9.98. The minimum Gasteiger partial charge on any atom is -0.507 e. The Labute approximate surface area is 172 Å². The third-order valence-electron chi connectivity index (χ3n) is 5.53. The number of Topliss-reactive ketones (excluding diaryl/α,β-unsaturated/α-hetero) is 1. The summed E-state index contributed by atoms with van der Waals surface area (Å²) in [6, 6.07) is 7.63. The predicted molar refractivity (Wildman–Crippen MR) is 118 cm³/mol. The van der Waals surface area contributed by atoms with Crippen LogP contribution in [0.1, 0.15) is 40.3 Å². The van der Waals surface area contributed by atoms with Gasteiger partial charge in [0.05, 0.1) is 0 Å². The van der Waals surface area contributed by atoms with Gasteiger partial charge < -0.3 is 10.2 Å². The molecule has 0 atom stereocenters. The molecule has 3 rings (SSSR count). The standard InChI is InChI=1S/C25H29NO3/c1-6-26-13-21(11-19-7-15(2)23(27)16(3)8-19)25(29)22(14-26)12-20-9-17(4)24(28)18(5)10-20/h7-12,27-28H,6,13-14H2,1-5H3/b21-11+,22-12+. The number of carbonyl (C=O) groups excluding carboxylic acids is 1. The van der Waals surface area contributed by atoms with Crippen molar-refractivity contribution in [1.29, 1.82) is 0 Å². The molecule has 2 aromatic rings. The largest absolute Gasteiger partial charge is 0.507 e. The van der Waals surface area contributed by atoms with Gasteiger partial charge in [-0.1, -0.05) is 6.92 Å². The fraction of sp³-hybridized carbons (Fsp3) is 0.320. The van der Waals surface area contributed by atoms with Gasteiger partial charge in [0.15, 0.2) is 5.78 Å². The Morgan fingerprint density at radius 3 is 1.45 bits per heavy atom. The Morgan fingerprint density at radius 2 is 1.14 bits per heavy atom. The van der Waals surface area contributed by atoms with Crippen molar-refractivity contribution in [2.75, 3.05) is 19.6 Å². The number of ketones is 1. The van der Waals surface area contributed by atoms with Crippen LogP contribution in [0.4, 0.5) is 0 Å². The number of carbonyl (C=O) groups is 1. The van der Waals surface area contributed by atoms with E-state index in [2.05, 4.69) is 11.8 Å². The lowest BCUT2D eigenvalue weighted by Crippen LogP contribution is -2.37. The van der Waals surface area contributed by atoms with Gasteiger partial charge in [-0.2, -0.15) is 0 Å². The molecule has 1 aliphatic heterocycles. The number of piperidine rings is 1. The maximum atomic E-state index is 13.2. The molecular formula is C25H29NO3. The number of aryl methyl sites for hydroxylation is 4. The summed E-state index contributed by atoms with van der Waals surface area (Å²) in [6.07, 6.45) is 3.87. The molecule has 152 valence electrons. The summed E-state index contributed by atoms with van der Waals surface area (Å²) in [6.45, 7) is 11.6. The summed E-state index contributed by atoms with van der Waals surface area (Å²) < 4.78 is 0. The highest BCUT2D eigenvalue weighted by atomic mass is 16.3. The van der Waals surface area contributed by atoms with E-state index in [0.717, 1.165) is 51.1 Å². The van der Waals surface area contributed by atoms with Crippen molar-refractivity contribution in [3.05, 3.63) is 68.8 Å². The van der Waals surface area contributed by atoms with Gasteiger partial charge >= 0.3 is 0 Å².